The van der Waals surface area contributed by atoms with Gasteiger partial charge in [0.15, 0.2) is 5.78 Å². The summed E-state index contributed by atoms with van der Waals surface area (Å²) in [4.78, 5) is 24.0. The molecule has 0 radical (unpaired) electrons. The molecule has 0 bridgehead atoms. The van der Waals surface area contributed by atoms with Crippen LogP contribution in [0.1, 0.15) is 43.5 Å². The number of benzene rings is 1. The van der Waals surface area contributed by atoms with Gasteiger partial charge < -0.3 is 10.1 Å². The lowest BCUT2D eigenvalue weighted by Gasteiger charge is -2.13. The van der Waals surface area contributed by atoms with E-state index in [1.54, 1.807) is 18.2 Å². The fourth-order valence-corrected chi connectivity index (χ4v) is 2.13. The third kappa shape index (κ3) is 3.97. The molecule has 0 saturated heterocycles. The zero-order valence-corrected chi connectivity index (χ0v) is 13.1. The van der Waals surface area contributed by atoms with Crippen LogP contribution < -0.4 is 10.1 Å². The molecule has 1 atom stereocenters. The van der Waals surface area contributed by atoms with Crippen LogP contribution in [0.25, 0.3) is 0 Å². The van der Waals surface area contributed by atoms with Crippen LogP contribution in [-0.2, 0) is 4.79 Å². The standard InChI is InChI=1S/C16H20ClNO3/c1-3-12(17)15(19)11-7-8-13(14(9-11)21-4-2)18-16(20)10-5-6-10/h7-10,12H,3-6H2,1-2H3,(H,18,20). The van der Waals surface area contributed by atoms with Crippen LogP contribution in [0.2, 0.25) is 0 Å². The van der Waals surface area contributed by atoms with Gasteiger partial charge in [-0.15, -0.1) is 11.6 Å². The maximum atomic E-state index is 12.1. The largest absolute Gasteiger partial charge is 0.492 e. The van der Waals surface area contributed by atoms with Gasteiger partial charge in [-0.25, -0.2) is 0 Å². The minimum atomic E-state index is -0.536. The highest BCUT2D eigenvalue weighted by Crippen LogP contribution is 2.33. The van der Waals surface area contributed by atoms with Gasteiger partial charge in [-0.1, -0.05) is 6.92 Å². The first-order valence-corrected chi connectivity index (χ1v) is 7.76. The van der Waals surface area contributed by atoms with Crippen LogP contribution in [0.15, 0.2) is 18.2 Å². The number of ether oxygens (including phenoxy) is 1. The number of amides is 1. The van der Waals surface area contributed by atoms with E-state index in [1.165, 1.54) is 0 Å². The van der Waals surface area contributed by atoms with Gasteiger partial charge in [-0.05, 0) is 44.4 Å². The Kier molecular flexibility index (Phi) is 5.23. The molecule has 0 spiro atoms. The molecule has 0 heterocycles. The second-order valence-corrected chi connectivity index (χ2v) is 5.67. The van der Waals surface area contributed by atoms with Crippen molar-refractivity contribution in [2.24, 2.45) is 5.92 Å². The van der Waals surface area contributed by atoms with Crippen molar-refractivity contribution in [2.45, 2.75) is 38.5 Å². The lowest BCUT2D eigenvalue weighted by Crippen LogP contribution is -2.16. The molecular formula is C16H20ClNO3. The number of nitrogens with one attached hydrogen (secondary N) is 1. The topological polar surface area (TPSA) is 55.4 Å². The van der Waals surface area contributed by atoms with Crippen molar-refractivity contribution in [1.29, 1.82) is 0 Å². The van der Waals surface area contributed by atoms with Crippen LogP contribution >= 0.6 is 11.6 Å². The van der Waals surface area contributed by atoms with Crippen molar-refractivity contribution < 1.29 is 14.3 Å². The number of carbonyl (C=O) groups excluding carboxylic acids is 2. The zero-order chi connectivity index (χ0) is 15.4. The van der Waals surface area contributed by atoms with Crippen molar-refractivity contribution in [1.82, 2.24) is 0 Å². The Morgan fingerprint density at radius 1 is 1.38 bits per heavy atom. The number of carbonyl (C=O) groups is 2. The summed E-state index contributed by atoms with van der Waals surface area (Å²) < 4.78 is 5.53. The van der Waals surface area contributed by atoms with Crippen LogP contribution in [0.3, 0.4) is 0 Å². The minimum absolute atomic E-state index is 0.0128. The van der Waals surface area contributed by atoms with E-state index in [-0.39, 0.29) is 17.6 Å². The van der Waals surface area contributed by atoms with E-state index in [9.17, 15) is 9.59 Å². The Morgan fingerprint density at radius 3 is 2.67 bits per heavy atom. The SMILES string of the molecule is CCOc1cc(C(=O)C(Cl)CC)ccc1NC(=O)C1CC1. The highest BCUT2D eigenvalue weighted by atomic mass is 35.5. The molecule has 5 heteroatoms. The monoisotopic (exact) mass is 309 g/mol. The predicted octanol–water partition coefficient (Wildman–Crippen LogP) is 3.63. The number of alkyl halides is 1. The number of rotatable bonds is 7. The fourth-order valence-electron chi connectivity index (χ4n) is 2.00. The highest BCUT2D eigenvalue weighted by molar-refractivity contribution is 6.33. The van der Waals surface area contributed by atoms with E-state index in [4.69, 9.17) is 16.3 Å². The Bertz CT molecular complexity index is 540. The smallest absolute Gasteiger partial charge is 0.227 e. The normalized spacial score (nSPS) is 15.4. The van der Waals surface area contributed by atoms with Crippen molar-refractivity contribution >= 4 is 29.0 Å². The molecule has 114 valence electrons. The van der Waals surface area contributed by atoms with Gasteiger partial charge in [0.2, 0.25) is 5.91 Å². The van der Waals surface area contributed by atoms with Crippen molar-refractivity contribution in [3.8, 4) is 5.75 Å². The summed E-state index contributed by atoms with van der Waals surface area (Å²) in [6.07, 6.45) is 2.46. The molecule has 0 aliphatic heterocycles. The Hall–Kier alpha value is -1.55. The van der Waals surface area contributed by atoms with E-state index in [1.807, 2.05) is 13.8 Å². The third-order valence-electron chi connectivity index (χ3n) is 3.41. The number of halogens is 1. The molecule has 0 aromatic heterocycles. The second-order valence-electron chi connectivity index (χ2n) is 5.15. The van der Waals surface area contributed by atoms with Crippen LogP contribution in [-0.4, -0.2) is 23.7 Å². The molecule has 1 aromatic rings. The van der Waals surface area contributed by atoms with Crippen LogP contribution in [0.5, 0.6) is 5.75 Å². The van der Waals surface area contributed by atoms with E-state index in [0.29, 0.717) is 30.0 Å². The maximum Gasteiger partial charge on any atom is 0.227 e. The Labute approximate surface area is 129 Å². The number of hydrogen-bond donors (Lipinski definition) is 1. The quantitative estimate of drug-likeness (QED) is 0.618. The van der Waals surface area contributed by atoms with Gasteiger partial charge in [-0.3, -0.25) is 9.59 Å². The zero-order valence-electron chi connectivity index (χ0n) is 12.3. The molecule has 2 rings (SSSR count). The molecule has 21 heavy (non-hydrogen) atoms. The molecule has 1 aliphatic carbocycles. The molecule has 1 aliphatic rings. The van der Waals surface area contributed by atoms with Gasteiger partial charge >= 0.3 is 0 Å². The van der Waals surface area contributed by atoms with Gasteiger partial charge in [0, 0.05) is 11.5 Å². The fraction of sp³-hybridized carbons (Fsp3) is 0.500. The van der Waals surface area contributed by atoms with Crippen molar-refractivity contribution in [3.63, 3.8) is 0 Å². The molecule has 1 N–H and O–H groups in total. The minimum Gasteiger partial charge on any atom is -0.492 e. The summed E-state index contributed by atoms with van der Waals surface area (Å²) >= 11 is 5.99. The van der Waals surface area contributed by atoms with Gasteiger partial charge in [0.1, 0.15) is 5.75 Å². The Balaban J connectivity index is 2.21. The van der Waals surface area contributed by atoms with Gasteiger partial charge in [0.25, 0.3) is 0 Å². The number of anilines is 1. The van der Waals surface area contributed by atoms with Crippen molar-refractivity contribution in [3.05, 3.63) is 23.8 Å². The molecule has 1 amide bonds. The number of ketones is 1. The Morgan fingerprint density at radius 2 is 2.10 bits per heavy atom. The molecular weight excluding hydrogens is 290 g/mol. The second kappa shape index (κ2) is 6.94. The summed E-state index contributed by atoms with van der Waals surface area (Å²) in [6.45, 7) is 4.18. The average Bonchev–Trinajstić information content (AvgIpc) is 3.32. The van der Waals surface area contributed by atoms with E-state index < -0.39 is 5.38 Å². The first-order valence-electron chi connectivity index (χ1n) is 7.32. The van der Waals surface area contributed by atoms with E-state index >= 15 is 0 Å². The first-order chi connectivity index (χ1) is 10.1. The molecule has 1 fully saturated rings. The predicted molar refractivity (Wildman–Crippen MR) is 83.2 cm³/mol. The number of hydrogen-bond acceptors (Lipinski definition) is 3. The van der Waals surface area contributed by atoms with Crippen LogP contribution in [0, 0.1) is 5.92 Å². The summed E-state index contributed by atoms with van der Waals surface area (Å²) in [5.74, 6) is 0.518. The van der Waals surface area contributed by atoms with E-state index in [2.05, 4.69) is 5.32 Å². The molecule has 1 aromatic carbocycles. The summed E-state index contributed by atoms with van der Waals surface area (Å²) in [5, 5.41) is 2.32. The number of Topliss-reactive ketones (excluding diaryl/α,β-unsaturated/α-hetero) is 1. The van der Waals surface area contributed by atoms with Crippen molar-refractivity contribution in [2.75, 3.05) is 11.9 Å². The molecule has 4 nitrogen and oxygen atoms in total. The summed E-state index contributed by atoms with van der Waals surface area (Å²) in [7, 11) is 0. The summed E-state index contributed by atoms with van der Waals surface area (Å²) in [5.41, 5.74) is 1.11. The van der Waals surface area contributed by atoms with Gasteiger partial charge in [0.05, 0.1) is 17.7 Å². The molecule has 1 saturated carbocycles. The maximum absolute atomic E-state index is 12.1. The van der Waals surface area contributed by atoms with E-state index in [0.717, 1.165) is 12.8 Å². The summed E-state index contributed by atoms with van der Waals surface area (Å²) in [6, 6.07) is 5.04. The third-order valence-corrected chi connectivity index (χ3v) is 3.92. The molecule has 1 unspecified atom stereocenters. The van der Waals surface area contributed by atoms with Gasteiger partial charge in [-0.2, -0.15) is 0 Å². The van der Waals surface area contributed by atoms with Crippen LogP contribution in [0.4, 0.5) is 5.69 Å². The highest BCUT2D eigenvalue weighted by Gasteiger charge is 2.30. The first kappa shape index (κ1) is 15.8. The lowest BCUT2D eigenvalue weighted by molar-refractivity contribution is -0.117. The lowest BCUT2D eigenvalue weighted by atomic mass is 10.1. The average molecular weight is 310 g/mol.